The fraction of sp³-hybridized carbons (Fsp3) is 0.611. The molecule has 1 saturated carbocycles. The average Bonchev–Trinajstić information content (AvgIpc) is 3.30. The monoisotopic (exact) mass is 354 g/mol. The Balaban J connectivity index is 1.49. The Morgan fingerprint density at radius 3 is 2.80 bits per heavy atom. The van der Waals surface area contributed by atoms with Crippen LogP contribution in [0.25, 0.3) is 0 Å². The van der Waals surface area contributed by atoms with Crippen LogP contribution in [0.1, 0.15) is 31.6 Å². The van der Waals surface area contributed by atoms with Crippen LogP contribution in [0.4, 0.5) is 8.78 Å². The summed E-state index contributed by atoms with van der Waals surface area (Å²) in [5.41, 5.74) is 0.0728. The highest BCUT2D eigenvalue weighted by Crippen LogP contribution is 2.52. The van der Waals surface area contributed by atoms with E-state index in [1.54, 1.807) is 0 Å². The van der Waals surface area contributed by atoms with E-state index in [2.05, 4.69) is 0 Å². The van der Waals surface area contributed by atoms with Crippen molar-refractivity contribution in [3.8, 4) is 0 Å². The molecule has 4 rings (SSSR count). The Labute approximate surface area is 143 Å². The van der Waals surface area contributed by atoms with Gasteiger partial charge in [-0.15, -0.1) is 0 Å². The third kappa shape index (κ3) is 2.89. The molecule has 2 heterocycles. The number of hydrogen-bond donors (Lipinski definition) is 1. The van der Waals surface area contributed by atoms with E-state index in [4.69, 9.17) is 14.2 Å². The maximum Gasteiger partial charge on any atom is 0.187 e. The quantitative estimate of drug-likeness (QED) is 0.897. The van der Waals surface area contributed by atoms with Crippen LogP contribution in [0.15, 0.2) is 18.2 Å². The van der Waals surface area contributed by atoms with E-state index in [0.717, 1.165) is 18.6 Å². The van der Waals surface area contributed by atoms with Crippen LogP contribution in [0.2, 0.25) is 0 Å². The molecule has 1 N–H and O–H groups in total. The van der Waals surface area contributed by atoms with Crippen LogP contribution in [0.5, 0.6) is 0 Å². The van der Waals surface area contributed by atoms with Gasteiger partial charge in [0.25, 0.3) is 0 Å². The normalized spacial score (nSPS) is 39.4. The smallest absolute Gasteiger partial charge is 0.187 e. The molecule has 0 radical (unpaired) electrons. The standard InChI is InChI=1S/C18H20F2O5/c1-2-3-11(21)13-14-15(22)16-12(24-17(13)14)7-23-18(25-16)9-5-4-8(19)6-10(9)20/h4-6,12-18,22H,2-3,7H2,1H3/t12-,13+,14-,15-,16-,17-,18?/m1/s1. The van der Waals surface area contributed by atoms with E-state index in [1.165, 1.54) is 6.07 Å². The number of Topliss-reactive ketones (excluding diaryl/α,β-unsaturated/α-hetero) is 1. The van der Waals surface area contributed by atoms with Gasteiger partial charge in [0.05, 0.1) is 24.7 Å². The molecule has 0 spiro atoms. The number of carbonyl (C=O) groups is 1. The zero-order valence-corrected chi connectivity index (χ0v) is 13.7. The second kappa shape index (κ2) is 6.39. The minimum atomic E-state index is -1.04. The number of benzene rings is 1. The van der Waals surface area contributed by atoms with E-state index in [9.17, 15) is 18.7 Å². The van der Waals surface area contributed by atoms with Crippen molar-refractivity contribution in [3.05, 3.63) is 35.4 Å². The highest BCUT2D eigenvalue weighted by atomic mass is 19.1. The lowest BCUT2D eigenvalue weighted by atomic mass is 9.98. The number of aliphatic hydroxyl groups is 1. The molecule has 5 nitrogen and oxygen atoms in total. The number of halogens is 2. The Morgan fingerprint density at radius 2 is 2.08 bits per heavy atom. The fourth-order valence-electron chi connectivity index (χ4n) is 3.94. The summed E-state index contributed by atoms with van der Waals surface area (Å²) < 4.78 is 44.1. The van der Waals surface area contributed by atoms with Crippen molar-refractivity contribution in [2.24, 2.45) is 11.8 Å². The molecule has 0 bridgehead atoms. The molecular weight excluding hydrogens is 334 g/mol. The molecule has 1 aromatic rings. The van der Waals surface area contributed by atoms with Gasteiger partial charge in [-0.2, -0.15) is 0 Å². The maximum absolute atomic E-state index is 14.0. The first-order valence-corrected chi connectivity index (χ1v) is 8.59. The zero-order chi connectivity index (χ0) is 17.7. The SMILES string of the molecule is CCCC(=O)[C@@H]1[C@H]2O[C@@H]3COC(c4ccc(F)cc4F)O[C@H]3[C@H](O)[C@H]21. The van der Waals surface area contributed by atoms with Crippen molar-refractivity contribution in [2.45, 2.75) is 50.5 Å². The lowest BCUT2D eigenvalue weighted by Crippen LogP contribution is -2.53. The second-order valence-electron chi connectivity index (χ2n) is 6.88. The molecule has 1 aromatic carbocycles. The number of fused-ring (bicyclic) bond motifs is 2. The number of ether oxygens (including phenoxy) is 3. The molecule has 3 aliphatic rings. The van der Waals surface area contributed by atoms with Crippen LogP contribution >= 0.6 is 0 Å². The molecule has 136 valence electrons. The highest BCUT2D eigenvalue weighted by Gasteiger charge is 2.66. The molecular formula is C18H20F2O5. The first kappa shape index (κ1) is 17.0. The topological polar surface area (TPSA) is 65.0 Å². The molecule has 1 unspecified atom stereocenters. The number of carbonyl (C=O) groups excluding carboxylic acids is 1. The molecule has 2 aliphatic heterocycles. The summed E-state index contributed by atoms with van der Waals surface area (Å²) in [4.78, 5) is 12.1. The van der Waals surface area contributed by atoms with E-state index in [0.29, 0.717) is 6.42 Å². The van der Waals surface area contributed by atoms with Crippen molar-refractivity contribution in [2.75, 3.05) is 6.61 Å². The first-order chi connectivity index (χ1) is 12.0. The minimum Gasteiger partial charge on any atom is -0.390 e. The number of aliphatic hydroxyl groups excluding tert-OH is 1. The van der Waals surface area contributed by atoms with E-state index >= 15 is 0 Å². The molecule has 1 aliphatic carbocycles. The van der Waals surface area contributed by atoms with Gasteiger partial charge in [0.15, 0.2) is 6.29 Å². The van der Waals surface area contributed by atoms with Gasteiger partial charge < -0.3 is 19.3 Å². The zero-order valence-electron chi connectivity index (χ0n) is 13.7. The average molecular weight is 354 g/mol. The largest absolute Gasteiger partial charge is 0.390 e. The van der Waals surface area contributed by atoms with Gasteiger partial charge in [0.2, 0.25) is 0 Å². The van der Waals surface area contributed by atoms with Gasteiger partial charge in [0.1, 0.15) is 29.6 Å². The van der Waals surface area contributed by atoms with E-state index in [-0.39, 0.29) is 35.9 Å². The summed E-state index contributed by atoms with van der Waals surface area (Å²) in [6.07, 6.45) is -2.20. The minimum absolute atomic E-state index is 0.0728. The summed E-state index contributed by atoms with van der Waals surface area (Å²) in [5.74, 6) is -1.94. The Hall–Kier alpha value is -1.41. The third-order valence-corrected chi connectivity index (χ3v) is 5.21. The van der Waals surface area contributed by atoms with Crippen LogP contribution in [0, 0.1) is 23.5 Å². The Kier molecular flexibility index (Phi) is 4.35. The van der Waals surface area contributed by atoms with Crippen molar-refractivity contribution in [1.82, 2.24) is 0 Å². The molecule has 7 atom stereocenters. The summed E-state index contributed by atoms with van der Waals surface area (Å²) >= 11 is 0. The van der Waals surface area contributed by atoms with E-state index in [1.807, 2.05) is 6.92 Å². The summed E-state index contributed by atoms with van der Waals surface area (Å²) in [6, 6.07) is 3.15. The molecule has 0 amide bonds. The fourth-order valence-corrected chi connectivity index (χ4v) is 3.94. The molecule has 25 heavy (non-hydrogen) atoms. The summed E-state index contributed by atoms with van der Waals surface area (Å²) in [5, 5.41) is 10.6. The number of hydrogen-bond acceptors (Lipinski definition) is 5. The Bertz CT molecular complexity index is 681. The van der Waals surface area contributed by atoms with Gasteiger partial charge >= 0.3 is 0 Å². The van der Waals surface area contributed by atoms with Crippen LogP contribution < -0.4 is 0 Å². The van der Waals surface area contributed by atoms with Gasteiger partial charge in [-0.25, -0.2) is 8.78 Å². The first-order valence-electron chi connectivity index (χ1n) is 8.59. The second-order valence-corrected chi connectivity index (χ2v) is 6.88. The summed E-state index contributed by atoms with van der Waals surface area (Å²) in [6.45, 7) is 2.04. The van der Waals surface area contributed by atoms with Crippen LogP contribution in [-0.4, -0.2) is 41.9 Å². The van der Waals surface area contributed by atoms with Crippen molar-refractivity contribution >= 4 is 5.78 Å². The third-order valence-electron chi connectivity index (χ3n) is 5.21. The molecule has 2 saturated heterocycles. The maximum atomic E-state index is 14.0. The van der Waals surface area contributed by atoms with Crippen molar-refractivity contribution < 1.29 is 32.9 Å². The van der Waals surface area contributed by atoms with E-state index < -0.39 is 36.2 Å². The Morgan fingerprint density at radius 1 is 1.28 bits per heavy atom. The highest BCUT2D eigenvalue weighted by molar-refractivity contribution is 5.85. The van der Waals surface area contributed by atoms with Gasteiger partial charge in [-0.1, -0.05) is 6.92 Å². The predicted molar refractivity (Wildman–Crippen MR) is 81.5 cm³/mol. The molecule has 7 heteroatoms. The lowest BCUT2D eigenvalue weighted by Gasteiger charge is -2.41. The van der Waals surface area contributed by atoms with Gasteiger partial charge in [-0.05, 0) is 18.6 Å². The molecule has 0 aromatic heterocycles. The lowest BCUT2D eigenvalue weighted by molar-refractivity contribution is -0.301. The number of ketones is 1. The van der Waals surface area contributed by atoms with Crippen LogP contribution in [0.3, 0.4) is 0 Å². The predicted octanol–water partition coefficient (Wildman–Crippen LogP) is 2.12. The van der Waals surface area contributed by atoms with Crippen molar-refractivity contribution in [1.29, 1.82) is 0 Å². The number of rotatable bonds is 4. The van der Waals surface area contributed by atoms with Gasteiger partial charge in [0, 0.05) is 24.0 Å². The molecule has 3 fully saturated rings. The summed E-state index contributed by atoms with van der Waals surface area (Å²) in [7, 11) is 0. The van der Waals surface area contributed by atoms with Crippen molar-refractivity contribution in [3.63, 3.8) is 0 Å². The van der Waals surface area contributed by atoms with Gasteiger partial charge in [-0.3, -0.25) is 4.79 Å². The van der Waals surface area contributed by atoms with Crippen LogP contribution in [-0.2, 0) is 19.0 Å².